The van der Waals surface area contributed by atoms with E-state index in [1.165, 1.54) is 11.3 Å². The van der Waals surface area contributed by atoms with Gasteiger partial charge in [0.15, 0.2) is 5.06 Å². The Morgan fingerprint density at radius 1 is 1.25 bits per heavy atom. The highest BCUT2D eigenvalue weighted by Crippen LogP contribution is 2.30. The van der Waals surface area contributed by atoms with Crippen molar-refractivity contribution in [2.24, 2.45) is 0 Å². The molecule has 2 amide bonds. The highest BCUT2D eigenvalue weighted by Gasteiger charge is 2.44. The van der Waals surface area contributed by atoms with E-state index in [2.05, 4.69) is 26.6 Å². The number of nitrogens with one attached hydrogen (secondary N) is 3. The first kappa shape index (κ1) is 22.7. The van der Waals surface area contributed by atoms with Crippen LogP contribution in [0.1, 0.15) is 12.0 Å². The van der Waals surface area contributed by atoms with Crippen LogP contribution in [-0.4, -0.2) is 56.3 Å². The van der Waals surface area contributed by atoms with Gasteiger partial charge in [0, 0.05) is 30.9 Å². The van der Waals surface area contributed by atoms with Crippen molar-refractivity contribution in [2.75, 3.05) is 43.2 Å². The third-order valence-electron chi connectivity index (χ3n) is 5.31. The molecule has 170 valence electrons. The molecule has 32 heavy (non-hydrogen) atoms. The van der Waals surface area contributed by atoms with Gasteiger partial charge in [0.05, 0.1) is 17.0 Å². The molecule has 2 saturated heterocycles. The van der Waals surface area contributed by atoms with Crippen molar-refractivity contribution in [3.8, 4) is 5.06 Å². The van der Waals surface area contributed by atoms with Gasteiger partial charge in [-0.15, -0.1) is 0 Å². The van der Waals surface area contributed by atoms with Gasteiger partial charge in [-0.1, -0.05) is 11.3 Å². The molecular formula is C21H23BrN4O5S. The fourth-order valence-electron chi connectivity index (χ4n) is 3.65. The van der Waals surface area contributed by atoms with Crippen molar-refractivity contribution in [3.05, 3.63) is 39.7 Å². The van der Waals surface area contributed by atoms with Crippen LogP contribution < -0.4 is 20.3 Å². The molecular weight excluding hydrogens is 500 g/mol. The zero-order chi connectivity index (χ0) is 22.7. The van der Waals surface area contributed by atoms with Gasteiger partial charge in [-0.05, 0) is 58.7 Å². The van der Waals surface area contributed by atoms with E-state index in [1.807, 2.05) is 24.0 Å². The summed E-state index contributed by atoms with van der Waals surface area (Å²) in [5.74, 6) is 0.0317. The highest BCUT2D eigenvalue weighted by molar-refractivity contribution is 9.11. The van der Waals surface area contributed by atoms with Crippen LogP contribution in [0.5, 0.6) is 5.06 Å². The average Bonchev–Trinajstić information content (AvgIpc) is 3.38. The number of thiophene rings is 1. The van der Waals surface area contributed by atoms with Crippen molar-refractivity contribution in [1.82, 2.24) is 5.32 Å². The Labute approximate surface area is 197 Å². The molecule has 1 aromatic heterocycles. The summed E-state index contributed by atoms with van der Waals surface area (Å²) in [5.41, 5.74) is 1.20. The van der Waals surface area contributed by atoms with Crippen LogP contribution >= 0.6 is 27.3 Å². The topological polar surface area (TPSA) is 113 Å². The molecule has 3 heterocycles. The molecule has 1 aromatic carbocycles. The number of halogens is 1. The summed E-state index contributed by atoms with van der Waals surface area (Å²) < 4.78 is 16.9. The van der Waals surface area contributed by atoms with Crippen LogP contribution in [0.4, 0.5) is 16.2 Å². The molecule has 0 spiro atoms. The quantitative estimate of drug-likeness (QED) is 0.553. The zero-order valence-electron chi connectivity index (χ0n) is 17.4. The normalized spacial score (nSPS) is 20.8. The number of aryl methyl sites for hydroxylation is 1. The molecule has 4 rings (SSSR count). The first-order chi connectivity index (χ1) is 15.4. The molecule has 0 radical (unpaired) electrons. The maximum absolute atomic E-state index is 13.2. The maximum atomic E-state index is 13.2. The van der Waals surface area contributed by atoms with Crippen molar-refractivity contribution in [3.63, 3.8) is 0 Å². The van der Waals surface area contributed by atoms with Crippen LogP contribution in [0.2, 0.25) is 0 Å². The number of anilines is 2. The Morgan fingerprint density at radius 2 is 2.09 bits per heavy atom. The lowest BCUT2D eigenvalue weighted by Gasteiger charge is -2.31. The maximum Gasteiger partial charge on any atom is 0.414 e. The van der Waals surface area contributed by atoms with E-state index in [1.54, 1.807) is 18.2 Å². The van der Waals surface area contributed by atoms with E-state index >= 15 is 0 Å². The molecule has 3 N–H and O–H groups in total. The smallest absolute Gasteiger partial charge is 0.399 e. The first-order valence-electron chi connectivity index (χ1n) is 10.0. The molecule has 2 fully saturated rings. The van der Waals surface area contributed by atoms with Gasteiger partial charge >= 0.3 is 6.09 Å². The van der Waals surface area contributed by atoms with Crippen molar-refractivity contribution in [2.45, 2.75) is 18.9 Å². The minimum atomic E-state index is -1.22. The number of morpholine rings is 1. The zero-order valence-corrected chi connectivity index (χ0v) is 19.8. The minimum Gasteiger partial charge on any atom is -0.399 e. The molecule has 0 bridgehead atoms. The van der Waals surface area contributed by atoms with Crippen molar-refractivity contribution >= 4 is 56.5 Å². The van der Waals surface area contributed by atoms with Gasteiger partial charge in [-0.2, -0.15) is 0 Å². The van der Waals surface area contributed by atoms with E-state index in [-0.39, 0.29) is 19.1 Å². The van der Waals surface area contributed by atoms with Crippen LogP contribution in [0, 0.1) is 12.3 Å². The van der Waals surface area contributed by atoms with Crippen LogP contribution in [0.3, 0.4) is 0 Å². The van der Waals surface area contributed by atoms with Gasteiger partial charge in [0.2, 0.25) is 0 Å². The summed E-state index contributed by atoms with van der Waals surface area (Å²) in [5, 5.41) is 14.1. The van der Waals surface area contributed by atoms with Gasteiger partial charge in [0.1, 0.15) is 18.0 Å². The summed E-state index contributed by atoms with van der Waals surface area (Å²) in [6, 6.07) is 8.96. The third-order valence-corrected chi connectivity index (χ3v) is 6.81. The van der Waals surface area contributed by atoms with Gasteiger partial charge in [-0.25, -0.2) is 4.79 Å². The van der Waals surface area contributed by atoms with Crippen LogP contribution in [-0.2, 0) is 14.3 Å². The van der Waals surface area contributed by atoms with E-state index in [0.717, 1.165) is 15.0 Å². The minimum absolute atomic E-state index is 0.0596. The number of hydrogen-bond donors (Lipinski definition) is 3. The number of amidine groups is 1. The molecule has 1 atom stereocenters. The number of carbonyl (C=O) groups excluding carboxylic acids is 2. The SMILES string of the molecule is Cc1cc(NC(=O)C2(NC(=O)Oc3ccc(Br)s3)CCOC2)ccc1N1CCOCC1=N. The predicted octanol–water partition coefficient (Wildman–Crippen LogP) is 3.52. The first-order valence-corrected chi connectivity index (χ1v) is 11.7. The summed E-state index contributed by atoms with van der Waals surface area (Å²) in [6.07, 6.45) is -0.373. The molecule has 1 unspecified atom stereocenters. The summed E-state index contributed by atoms with van der Waals surface area (Å²) >= 11 is 4.60. The lowest BCUT2D eigenvalue weighted by atomic mass is 9.97. The average molecular weight is 523 g/mol. The lowest BCUT2D eigenvalue weighted by Crippen LogP contribution is -2.58. The number of nitrogens with zero attached hydrogens (tertiary/aromatic N) is 1. The van der Waals surface area contributed by atoms with Crippen LogP contribution in [0.15, 0.2) is 34.1 Å². The Kier molecular flexibility index (Phi) is 6.79. The standard InChI is InChI=1S/C21H23BrN4O5S/c1-13-10-14(2-3-15(13)26-7-9-29-11-17(26)23)24-19(27)21(6-8-30-12-21)25-20(28)31-18-5-4-16(22)32-18/h2-5,10,23H,6-9,11-12H2,1H3,(H,24,27)(H,25,28). The number of rotatable bonds is 5. The van der Waals surface area contributed by atoms with Gasteiger partial charge < -0.3 is 29.7 Å². The molecule has 2 aliphatic heterocycles. The largest absolute Gasteiger partial charge is 0.414 e. The number of benzene rings is 1. The second-order valence-electron chi connectivity index (χ2n) is 7.56. The molecule has 0 saturated carbocycles. The Balaban J connectivity index is 1.45. The van der Waals surface area contributed by atoms with Crippen LogP contribution in [0.25, 0.3) is 0 Å². The fourth-order valence-corrected chi connectivity index (χ4v) is 4.85. The monoisotopic (exact) mass is 522 g/mol. The summed E-state index contributed by atoms with van der Waals surface area (Å²) in [7, 11) is 0. The van der Waals surface area contributed by atoms with E-state index in [4.69, 9.17) is 19.6 Å². The Morgan fingerprint density at radius 3 is 2.75 bits per heavy atom. The molecule has 2 aromatic rings. The molecule has 11 heteroatoms. The second-order valence-corrected chi connectivity index (χ2v) is 9.99. The predicted molar refractivity (Wildman–Crippen MR) is 125 cm³/mol. The lowest BCUT2D eigenvalue weighted by molar-refractivity contribution is -0.122. The Bertz CT molecular complexity index is 1040. The number of carbonyl (C=O) groups is 2. The van der Waals surface area contributed by atoms with E-state index in [9.17, 15) is 9.59 Å². The van der Waals surface area contributed by atoms with Gasteiger partial charge in [-0.3, -0.25) is 10.2 Å². The second kappa shape index (κ2) is 9.57. The molecule has 0 aliphatic carbocycles. The van der Waals surface area contributed by atoms with Gasteiger partial charge in [0.25, 0.3) is 5.91 Å². The number of ether oxygens (including phenoxy) is 3. The highest BCUT2D eigenvalue weighted by atomic mass is 79.9. The molecule has 9 nitrogen and oxygen atoms in total. The fraction of sp³-hybridized carbons (Fsp3) is 0.381. The summed E-state index contributed by atoms with van der Waals surface area (Å²) in [6.45, 7) is 3.80. The number of amides is 2. The number of hydrogen-bond acceptors (Lipinski definition) is 7. The van der Waals surface area contributed by atoms with Crippen molar-refractivity contribution in [1.29, 1.82) is 5.41 Å². The van der Waals surface area contributed by atoms with E-state index in [0.29, 0.717) is 42.8 Å². The Hall–Kier alpha value is -2.47. The van der Waals surface area contributed by atoms with E-state index < -0.39 is 11.6 Å². The third kappa shape index (κ3) is 4.96. The summed E-state index contributed by atoms with van der Waals surface area (Å²) in [4.78, 5) is 27.5. The molecule has 2 aliphatic rings. The van der Waals surface area contributed by atoms with Crippen molar-refractivity contribution < 1.29 is 23.8 Å².